The quantitative estimate of drug-likeness (QED) is 0.244. The van der Waals surface area contributed by atoms with Gasteiger partial charge < -0.3 is 0 Å². The Balaban J connectivity index is 1.86. The van der Waals surface area contributed by atoms with Crippen molar-refractivity contribution in [1.29, 1.82) is 0 Å². The molecular formula is C26H36S3. The molecule has 0 unspecified atom stereocenters. The van der Waals surface area contributed by atoms with Crippen LogP contribution in [0.1, 0.15) is 86.8 Å². The molecule has 0 atom stereocenters. The Morgan fingerprint density at radius 1 is 0.690 bits per heavy atom. The van der Waals surface area contributed by atoms with Crippen LogP contribution in [0.25, 0.3) is 19.5 Å². The van der Waals surface area contributed by atoms with Crippen molar-refractivity contribution in [2.45, 2.75) is 91.9 Å². The zero-order valence-electron chi connectivity index (χ0n) is 18.6. The topological polar surface area (TPSA) is 0 Å². The molecular weight excluding hydrogens is 408 g/mol. The van der Waals surface area contributed by atoms with Gasteiger partial charge in [0.25, 0.3) is 0 Å². The van der Waals surface area contributed by atoms with Crippen molar-refractivity contribution in [3.05, 3.63) is 45.1 Å². The first kappa shape index (κ1) is 22.8. The van der Waals surface area contributed by atoms with Gasteiger partial charge >= 0.3 is 0 Å². The summed E-state index contributed by atoms with van der Waals surface area (Å²) in [7, 11) is 0. The third kappa shape index (κ3) is 6.06. The maximum atomic E-state index is 2.51. The summed E-state index contributed by atoms with van der Waals surface area (Å²) in [6.45, 7) is 9.08. The van der Waals surface area contributed by atoms with Crippen LogP contribution in [0.2, 0.25) is 0 Å². The van der Waals surface area contributed by atoms with E-state index < -0.39 is 0 Å². The molecule has 3 aromatic heterocycles. The summed E-state index contributed by atoms with van der Waals surface area (Å²) in [4.78, 5) is 7.48. The normalized spacial score (nSPS) is 11.4. The minimum atomic E-state index is 1.22. The van der Waals surface area contributed by atoms with Crippen LogP contribution in [-0.4, -0.2) is 0 Å². The van der Waals surface area contributed by atoms with Gasteiger partial charge in [-0.3, -0.25) is 0 Å². The molecule has 0 radical (unpaired) electrons. The lowest BCUT2D eigenvalue weighted by molar-refractivity contribution is 0.666. The van der Waals surface area contributed by atoms with Gasteiger partial charge in [-0.25, -0.2) is 0 Å². The molecule has 3 heterocycles. The van der Waals surface area contributed by atoms with Gasteiger partial charge in [0.05, 0.1) is 0 Å². The maximum Gasteiger partial charge on any atom is 0.0484 e. The lowest BCUT2D eigenvalue weighted by atomic mass is 10.0. The largest absolute Gasteiger partial charge is 0.143 e. The van der Waals surface area contributed by atoms with Crippen molar-refractivity contribution in [1.82, 2.24) is 0 Å². The predicted molar refractivity (Wildman–Crippen MR) is 136 cm³/mol. The van der Waals surface area contributed by atoms with Crippen molar-refractivity contribution >= 4 is 34.0 Å². The van der Waals surface area contributed by atoms with Gasteiger partial charge in [0.15, 0.2) is 0 Å². The molecule has 0 aliphatic rings. The van der Waals surface area contributed by atoms with Crippen LogP contribution in [-0.2, 0) is 12.8 Å². The lowest BCUT2D eigenvalue weighted by Gasteiger charge is -2.06. The Labute approximate surface area is 190 Å². The SMILES string of the molecule is CCCCCCc1ccsc1-c1sc(-c2cc(C)c(C)s2)cc1CCCCCC. The van der Waals surface area contributed by atoms with E-state index in [2.05, 4.69) is 51.3 Å². The smallest absolute Gasteiger partial charge is 0.0484 e. The monoisotopic (exact) mass is 444 g/mol. The van der Waals surface area contributed by atoms with Gasteiger partial charge in [-0.05, 0) is 79.8 Å². The molecule has 3 rings (SSSR count). The number of rotatable bonds is 12. The van der Waals surface area contributed by atoms with E-state index >= 15 is 0 Å². The molecule has 29 heavy (non-hydrogen) atoms. The zero-order chi connectivity index (χ0) is 20.6. The summed E-state index contributed by atoms with van der Waals surface area (Å²) in [5.74, 6) is 0. The van der Waals surface area contributed by atoms with E-state index in [-0.39, 0.29) is 0 Å². The van der Waals surface area contributed by atoms with Gasteiger partial charge in [-0.2, -0.15) is 0 Å². The molecule has 0 bridgehead atoms. The molecule has 0 saturated heterocycles. The number of thiophene rings is 3. The fourth-order valence-electron chi connectivity index (χ4n) is 3.84. The molecule has 0 N–H and O–H groups in total. The van der Waals surface area contributed by atoms with Gasteiger partial charge in [0.2, 0.25) is 0 Å². The predicted octanol–water partition coefficient (Wildman–Crippen LogP) is 10.1. The molecule has 0 spiro atoms. The van der Waals surface area contributed by atoms with Crippen LogP contribution in [0.4, 0.5) is 0 Å². The number of aryl methyl sites for hydroxylation is 4. The molecule has 3 heteroatoms. The fourth-order valence-corrected chi connectivity index (χ4v) is 7.33. The second-order valence-electron chi connectivity index (χ2n) is 8.21. The minimum absolute atomic E-state index is 1.22. The summed E-state index contributed by atoms with van der Waals surface area (Å²) >= 11 is 5.95. The molecule has 158 valence electrons. The highest BCUT2D eigenvalue weighted by molar-refractivity contribution is 7.26. The van der Waals surface area contributed by atoms with Crippen molar-refractivity contribution in [2.75, 3.05) is 0 Å². The molecule has 0 aromatic carbocycles. The van der Waals surface area contributed by atoms with Crippen molar-refractivity contribution in [2.24, 2.45) is 0 Å². The molecule has 0 amide bonds. The van der Waals surface area contributed by atoms with Crippen LogP contribution in [0, 0.1) is 13.8 Å². The lowest BCUT2D eigenvalue weighted by Crippen LogP contribution is -1.89. The van der Waals surface area contributed by atoms with Gasteiger partial charge in [-0.15, -0.1) is 34.0 Å². The van der Waals surface area contributed by atoms with E-state index in [9.17, 15) is 0 Å². The third-order valence-corrected chi connectivity index (χ3v) is 9.42. The summed E-state index contributed by atoms with van der Waals surface area (Å²) in [6, 6.07) is 7.28. The van der Waals surface area contributed by atoms with Crippen molar-refractivity contribution < 1.29 is 0 Å². The number of hydrogen-bond acceptors (Lipinski definition) is 3. The Hall–Kier alpha value is -0.900. The summed E-state index contributed by atoms with van der Waals surface area (Å²) < 4.78 is 0. The van der Waals surface area contributed by atoms with E-state index in [0.717, 1.165) is 0 Å². The van der Waals surface area contributed by atoms with Gasteiger partial charge in [0, 0.05) is 24.4 Å². The first-order chi connectivity index (χ1) is 14.1. The maximum absolute atomic E-state index is 2.51. The minimum Gasteiger partial charge on any atom is -0.143 e. The Bertz CT molecular complexity index is 858. The van der Waals surface area contributed by atoms with E-state index in [1.807, 2.05) is 34.0 Å². The van der Waals surface area contributed by atoms with Crippen molar-refractivity contribution in [3.63, 3.8) is 0 Å². The first-order valence-corrected chi connectivity index (χ1v) is 13.9. The number of hydrogen-bond donors (Lipinski definition) is 0. The van der Waals surface area contributed by atoms with E-state index in [4.69, 9.17) is 0 Å². The Kier molecular flexibility index (Phi) is 9.02. The zero-order valence-corrected chi connectivity index (χ0v) is 21.1. The third-order valence-electron chi connectivity index (χ3n) is 5.77. The molecule has 3 aromatic rings. The van der Waals surface area contributed by atoms with E-state index in [1.165, 1.54) is 84.4 Å². The second kappa shape index (κ2) is 11.5. The molecule has 0 aliphatic heterocycles. The summed E-state index contributed by atoms with van der Waals surface area (Å²) in [5, 5.41) is 2.31. The fraction of sp³-hybridized carbons (Fsp3) is 0.538. The summed E-state index contributed by atoms with van der Waals surface area (Å²) in [6.07, 6.45) is 13.2. The van der Waals surface area contributed by atoms with E-state index in [1.54, 1.807) is 20.9 Å². The van der Waals surface area contributed by atoms with Crippen LogP contribution in [0.15, 0.2) is 23.6 Å². The van der Waals surface area contributed by atoms with Crippen LogP contribution >= 0.6 is 34.0 Å². The van der Waals surface area contributed by atoms with Crippen molar-refractivity contribution in [3.8, 4) is 19.5 Å². The Morgan fingerprint density at radius 3 is 1.97 bits per heavy atom. The first-order valence-electron chi connectivity index (χ1n) is 11.4. The molecule has 0 saturated carbocycles. The molecule has 0 nitrogen and oxygen atoms in total. The average molecular weight is 445 g/mol. The summed E-state index contributed by atoms with van der Waals surface area (Å²) in [5.41, 5.74) is 4.59. The average Bonchev–Trinajstić information content (AvgIpc) is 3.41. The van der Waals surface area contributed by atoms with Gasteiger partial charge in [-0.1, -0.05) is 52.4 Å². The molecule has 0 aliphatic carbocycles. The Morgan fingerprint density at radius 2 is 1.34 bits per heavy atom. The molecule has 0 fully saturated rings. The second-order valence-corrected chi connectivity index (χ2v) is 11.4. The van der Waals surface area contributed by atoms with Gasteiger partial charge in [0.1, 0.15) is 0 Å². The van der Waals surface area contributed by atoms with Crippen LogP contribution < -0.4 is 0 Å². The highest BCUT2D eigenvalue weighted by Gasteiger charge is 2.17. The highest BCUT2D eigenvalue weighted by atomic mass is 32.1. The van der Waals surface area contributed by atoms with Crippen LogP contribution in [0.3, 0.4) is 0 Å². The standard InChI is InChI=1S/C26H36S3/c1-5-7-9-11-13-21-15-16-27-25(21)26-22(14-12-10-8-6-2)18-24(29-26)23-17-19(3)20(4)28-23/h15-18H,5-14H2,1-4H3. The highest BCUT2D eigenvalue weighted by Crippen LogP contribution is 2.45. The van der Waals surface area contributed by atoms with Crippen LogP contribution in [0.5, 0.6) is 0 Å². The number of unbranched alkanes of at least 4 members (excludes halogenated alkanes) is 6. The van der Waals surface area contributed by atoms with E-state index in [0.29, 0.717) is 0 Å².